The average Bonchev–Trinajstić information content (AvgIpc) is 2.79. The fourth-order valence-corrected chi connectivity index (χ4v) is 2.63. The largest absolute Gasteiger partial charge is 0.331 e. The van der Waals surface area contributed by atoms with Crippen molar-refractivity contribution >= 4 is 34.6 Å². The van der Waals surface area contributed by atoms with Crippen molar-refractivity contribution in [1.82, 2.24) is 10.9 Å². The third-order valence-electron chi connectivity index (χ3n) is 4.24. The first-order valence-electron chi connectivity index (χ1n) is 9.49. The summed E-state index contributed by atoms with van der Waals surface area (Å²) in [7, 11) is 0. The van der Waals surface area contributed by atoms with Crippen LogP contribution < -0.4 is 10.9 Å². The second kappa shape index (κ2) is 11.1. The molecular weight excluding hydrogens is 420 g/mol. The lowest BCUT2D eigenvalue weighted by molar-refractivity contribution is -0.385. The van der Waals surface area contributed by atoms with E-state index in [-0.39, 0.29) is 11.4 Å². The number of rotatable bonds is 8. The molecule has 166 valence electrons. The topological polar surface area (TPSA) is 169 Å². The highest BCUT2D eigenvalue weighted by atomic mass is 16.6. The van der Waals surface area contributed by atoms with Gasteiger partial charge in [0.1, 0.15) is 0 Å². The van der Waals surface area contributed by atoms with Crippen LogP contribution in [0.15, 0.2) is 58.7 Å². The summed E-state index contributed by atoms with van der Waals surface area (Å²) in [6, 6.07) is 11.4. The van der Waals surface area contributed by atoms with Gasteiger partial charge in [0.15, 0.2) is 0 Å². The van der Waals surface area contributed by atoms with Crippen LogP contribution in [0.1, 0.15) is 37.8 Å². The Hall–Kier alpha value is -4.48. The van der Waals surface area contributed by atoms with Gasteiger partial charge in [0, 0.05) is 35.4 Å². The van der Waals surface area contributed by atoms with Gasteiger partial charge in [-0.05, 0) is 12.8 Å². The number of nitrogens with one attached hydrogen (secondary N) is 2. The molecule has 0 aliphatic rings. The van der Waals surface area contributed by atoms with Gasteiger partial charge in [-0.1, -0.05) is 38.1 Å². The summed E-state index contributed by atoms with van der Waals surface area (Å²) in [4.78, 5) is 44.9. The van der Waals surface area contributed by atoms with E-state index >= 15 is 0 Å². The summed E-state index contributed by atoms with van der Waals surface area (Å²) in [6.45, 7) is 3.47. The van der Waals surface area contributed by atoms with Crippen molar-refractivity contribution in [3.05, 3.63) is 79.9 Å². The number of benzene rings is 2. The predicted octanol–water partition coefficient (Wildman–Crippen LogP) is 2.66. The number of nitro benzene ring substituents is 2. The summed E-state index contributed by atoms with van der Waals surface area (Å²) < 4.78 is 0. The van der Waals surface area contributed by atoms with Crippen LogP contribution >= 0.6 is 0 Å². The van der Waals surface area contributed by atoms with E-state index in [1.54, 1.807) is 26.0 Å². The van der Waals surface area contributed by atoms with Gasteiger partial charge in [0.05, 0.1) is 21.3 Å². The minimum atomic E-state index is -1.10. The number of hydrogen-bond acceptors (Lipinski definition) is 8. The molecule has 12 nitrogen and oxygen atoms in total. The summed E-state index contributed by atoms with van der Waals surface area (Å²) in [5.74, 6) is -2.20. The van der Waals surface area contributed by atoms with Gasteiger partial charge in [-0.25, -0.2) is 10.9 Å². The molecule has 2 aromatic rings. The van der Waals surface area contributed by atoms with Crippen LogP contribution in [0.2, 0.25) is 0 Å². The highest BCUT2D eigenvalue weighted by Gasteiger charge is 2.15. The Balaban J connectivity index is 2.10. The van der Waals surface area contributed by atoms with Gasteiger partial charge in [-0.3, -0.25) is 29.8 Å². The molecule has 2 aromatic carbocycles. The van der Waals surface area contributed by atoms with Crippen molar-refractivity contribution in [1.29, 1.82) is 0 Å². The maximum absolute atomic E-state index is 12.1. The van der Waals surface area contributed by atoms with Gasteiger partial charge in [0.25, 0.3) is 11.4 Å². The van der Waals surface area contributed by atoms with E-state index in [4.69, 9.17) is 0 Å². The standard InChI is InChI=1S/C20H20N6O6/c1-3-17(13-7-5-9-15(11-13)25(29)30)21-23-19(27)20(28)24-22-18(4-2)14-8-6-10-16(12-14)26(31)32/h5-12H,3-4H2,1-2H3,(H,23,27)(H,24,28). The zero-order valence-electron chi connectivity index (χ0n) is 17.3. The predicted molar refractivity (Wildman–Crippen MR) is 116 cm³/mol. The van der Waals surface area contributed by atoms with Gasteiger partial charge in [-0.2, -0.15) is 10.2 Å². The Morgan fingerprint density at radius 1 is 0.781 bits per heavy atom. The van der Waals surface area contributed by atoms with Crippen molar-refractivity contribution in [2.75, 3.05) is 0 Å². The van der Waals surface area contributed by atoms with Crippen molar-refractivity contribution in [2.24, 2.45) is 10.2 Å². The van der Waals surface area contributed by atoms with Gasteiger partial charge < -0.3 is 0 Å². The van der Waals surface area contributed by atoms with Crippen molar-refractivity contribution in [3.63, 3.8) is 0 Å². The molecule has 12 heteroatoms. The first kappa shape index (κ1) is 23.8. The zero-order valence-corrected chi connectivity index (χ0v) is 17.3. The van der Waals surface area contributed by atoms with E-state index in [9.17, 15) is 29.8 Å². The van der Waals surface area contributed by atoms with Crippen molar-refractivity contribution in [3.8, 4) is 0 Å². The van der Waals surface area contributed by atoms with E-state index < -0.39 is 21.7 Å². The van der Waals surface area contributed by atoms with E-state index in [0.29, 0.717) is 35.4 Å². The van der Waals surface area contributed by atoms with E-state index in [2.05, 4.69) is 21.1 Å². The van der Waals surface area contributed by atoms with Gasteiger partial charge in [0.2, 0.25) is 0 Å². The molecule has 0 saturated heterocycles. The fourth-order valence-electron chi connectivity index (χ4n) is 2.63. The number of amides is 2. The van der Waals surface area contributed by atoms with Crippen LogP contribution in [0.5, 0.6) is 0 Å². The third-order valence-corrected chi connectivity index (χ3v) is 4.24. The maximum Gasteiger partial charge on any atom is 0.331 e. The maximum atomic E-state index is 12.1. The second-order valence-corrected chi connectivity index (χ2v) is 6.32. The van der Waals surface area contributed by atoms with Crippen molar-refractivity contribution in [2.45, 2.75) is 26.7 Å². The molecule has 0 heterocycles. The lowest BCUT2D eigenvalue weighted by atomic mass is 10.1. The Morgan fingerprint density at radius 3 is 1.47 bits per heavy atom. The van der Waals surface area contributed by atoms with E-state index in [1.807, 2.05) is 0 Å². The Labute approximate surface area is 182 Å². The fraction of sp³-hybridized carbons (Fsp3) is 0.200. The quantitative estimate of drug-likeness (QED) is 0.277. The first-order chi connectivity index (χ1) is 15.3. The van der Waals surface area contributed by atoms with E-state index in [1.165, 1.54) is 36.4 Å². The molecule has 32 heavy (non-hydrogen) atoms. The number of nitro groups is 2. The second-order valence-electron chi connectivity index (χ2n) is 6.32. The van der Waals surface area contributed by atoms with E-state index in [0.717, 1.165) is 0 Å². The number of carbonyl (C=O) groups excluding carboxylic acids is 2. The summed E-state index contributed by atoms with van der Waals surface area (Å²) in [5, 5.41) is 29.6. The number of hydrazone groups is 2. The molecular formula is C20H20N6O6. The summed E-state index contributed by atoms with van der Waals surface area (Å²) in [5.41, 5.74) is 5.47. The first-order valence-corrected chi connectivity index (χ1v) is 9.49. The number of carbonyl (C=O) groups is 2. The van der Waals surface area contributed by atoms with Crippen LogP contribution in [-0.4, -0.2) is 33.1 Å². The molecule has 0 aliphatic carbocycles. The Bertz CT molecular complexity index is 1020. The van der Waals surface area contributed by atoms with Crippen LogP contribution in [0, 0.1) is 20.2 Å². The highest BCUT2D eigenvalue weighted by molar-refractivity contribution is 6.35. The lowest BCUT2D eigenvalue weighted by Gasteiger charge is -2.06. The molecule has 0 fully saturated rings. The molecule has 0 bridgehead atoms. The minimum Gasteiger partial charge on any atom is -0.262 e. The molecule has 0 saturated carbocycles. The van der Waals surface area contributed by atoms with Gasteiger partial charge >= 0.3 is 11.8 Å². The SMILES string of the molecule is CCC(=NNC(=O)C(=O)NN=C(CC)c1cccc([N+](=O)[O-])c1)c1cccc([N+](=O)[O-])c1. The average molecular weight is 440 g/mol. The van der Waals surface area contributed by atoms with Crippen LogP contribution in [0.3, 0.4) is 0 Å². The number of hydrogen-bond donors (Lipinski definition) is 2. The molecule has 0 atom stereocenters. The van der Waals surface area contributed by atoms with Crippen LogP contribution in [-0.2, 0) is 9.59 Å². The molecule has 2 amide bonds. The lowest BCUT2D eigenvalue weighted by Crippen LogP contribution is -2.36. The molecule has 2 rings (SSSR count). The Kier molecular flexibility index (Phi) is 8.22. The molecule has 2 N–H and O–H groups in total. The number of non-ortho nitro benzene ring substituents is 2. The third kappa shape index (κ3) is 6.26. The molecule has 0 unspecified atom stereocenters. The molecule has 0 radical (unpaired) electrons. The summed E-state index contributed by atoms with van der Waals surface area (Å²) >= 11 is 0. The summed E-state index contributed by atoms with van der Waals surface area (Å²) in [6.07, 6.45) is 0.683. The molecule has 0 aliphatic heterocycles. The van der Waals surface area contributed by atoms with Crippen LogP contribution in [0.4, 0.5) is 11.4 Å². The van der Waals surface area contributed by atoms with Crippen molar-refractivity contribution < 1.29 is 19.4 Å². The molecule has 0 spiro atoms. The zero-order chi connectivity index (χ0) is 23.7. The Morgan fingerprint density at radius 2 is 1.16 bits per heavy atom. The molecule has 0 aromatic heterocycles. The number of nitrogens with zero attached hydrogens (tertiary/aromatic N) is 4. The smallest absolute Gasteiger partial charge is 0.262 e. The van der Waals surface area contributed by atoms with Gasteiger partial charge in [-0.15, -0.1) is 0 Å². The highest BCUT2D eigenvalue weighted by Crippen LogP contribution is 2.16. The monoisotopic (exact) mass is 440 g/mol. The van der Waals surface area contributed by atoms with Crippen LogP contribution in [0.25, 0.3) is 0 Å². The minimum absolute atomic E-state index is 0.129. The normalized spacial score (nSPS) is 11.6.